The van der Waals surface area contributed by atoms with Crippen LogP contribution in [0.3, 0.4) is 0 Å². The van der Waals surface area contributed by atoms with E-state index in [1.807, 2.05) is 24.3 Å². The van der Waals surface area contributed by atoms with Crippen molar-refractivity contribution in [3.05, 3.63) is 40.3 Å². The maximum absolute atomic E-state index is 5.76. The van der Waals surface area contributed by atoms with Gasteiger partial charge in [-0.2, -0.15) is 0 Å². The van der Waals surface area contributed by atoms with Crippen molar-refractivity contribution in [1.82, 2.24) is 10.3 Å². The number of aromatic nitrogens is 1. The zero-order chi connectivity index (χ0) is 20.2. The Morgan fingerprint density at radius 2 is 2.14 bits per heavy atom. The molecule has 0 atom stereocenters. The number of aliphatic imine (C=N–C) groups is 1. The fourth-order valence-electron chi connectivity index (χ4n) is 2.49. The number of anilines is 1. The molecule has 0 spiro atoms. The van der Waals surface area contributed by atoms with Crippen molar-refractivity contribution >= 4 is 23.0 Å². The molecule has 0 unspecified atom stereocenters. The molecule has 0 aliphatic carbocycles. The van der Waals surface area contributed by atoms with E-state index in [-0.39, 0.29) is 0 Å². The minimum Gasteiger partial charge on any atom is -0.493 e. The lowest BCUT2D eigenvalue weighted by Crippen LogP contribution is -2.30. The number of hydrogen-bond donors (Lipinski definition) is 2. The van der Waals surface area contributed by atoms with Gasteiger partial charge < -0.3 is 20.1 Å². The Kier molecular flexibility index (Phi) is 9.79. The van der Waals surface area contributed by atoms with Crippen LogP contribution in [0.2, 0.25) is 0 Å². The summed E-state index contributed by atoms with van der Waals surface area (Å²) in [6.07, 6.45) is 1.70. The second-order valence-corrected chi connectivity index (χ2v) is 7.58. The molecule has 0 saturated heterocycles. The lowest BCUT2D eigenvalue weighted by atomic mass is 10.2. The molecule has 2 rings (SSSR count). The molecule has 2 aromatic rings. The van der Waals surface area contributed by atoms with Crippen LogP contribution < -0.4 is 15.4 Å². The highest BCUT2D eigenvalue weighted by Crippen LogP contribution is 2.19. The average Bonchev–Trinajstić information content (AvgIpc) is 3.15. The van der Waals surface area contributed by atoms with Crippen LogP contribution in [0.15, 0.2) is 34.6 Å². The minimum absolute atomic E-state index is 0.477. The lowest BCUT2D eigenvalue weighted by molar-refractivity contribution is 0.172. The normalized spacial score (nSPS) is 11.7. The zero-order valence-electron chi connectivity index (χ0n) is 17.3. The number of ether oxygens (including phenoxy) is 2. The van der Waals surface area contributed by atoms with E-state index in [4.69, 9.17) is 9.47 Å². The van der Waals surface area contributed by atoms with E-state index in [1.165, 1.54) is 5.01 Å². The second kappa shape index (κ2) is 12.4. The molecule has 0 aliphatic heterocycles. The molecular weight excluding hydrogens is 372 g/mol. The monoisotopic (exact) mass is 404 g/mol. The fraction of sp³-hybridized carbons (Fsp3) is 0.524. The number of thiazole rings is 1. The van der Waals surface area contributed by atoms with Crippen LogP contribution in [0.1, 0.15) is 43.8 Å². The van der Waals surface area contributed by atoms with Gasteiger partial charge in [-0.1, -0.05) is 19.9 Å². The van der Waals surface area contributed by atoms with E-state index in [2.05, 4.69) is 46.8 Å². The van der Waals surface area contributed by atoms with E-state index in [1.54, 1.807) is 18.4 Å². The highest BCUT2D eigenvalue weighted by molar-refractivity contribution is 7.09. The van der Waals surface area contributed by atoms with Crippen molar-refractivity contribution in [2.75, 3.05) is 38.7 Å². The molecule has 7 heteroatoms. The Labute approximate surface area is 172 Å². The van der Waals surface area contributed by atoms with Crippen molar-refractivity contribution in [1.29, 1.82) is 0 Å². The molecule has 154 valence electrons. The Balaban J connectivity index is 1.90. The molecule has 0 fully saturated rings. The number of guanidine groups is 1. The van der Waals surface area contributed by atoms with E-state index >= 15 is 0 Å². The minimum atomic E-state index is 0.477. The van der Waals surface area contributed by atoms with Gasteiger partial charge in [0.2, 0.25) is 0 Å². The smallest absolute Gasteiger partial charge is 0.195 e. The summed E-state index contributed by atoms with van der Waals surface area (Å²) in [4.78, 5) is 9.35. The zero-order valence-corrected chi connectivity index (χ0v) is 18.1. The van der Waals surface area contributed by atoms with Gasteiger partial charge in [0.15, 0.2) is 5.96 Å². The Morgan fingerprint density at radius 1 is 1.29 bits per heavy atom. The number of nitrogens with zero attached hydrogens (tertiary/aromatic N) is 2. The lowest BCUT2D eigenvalue weighted by Gasteiger charge is -2.13. The molecule has 1 aromatic carbocycles. The average molecular weight is 405 g/mol. The van der Waals surface area contributed by atoms with Crippen molar-refractivity contribution in [3.8, 4) is 5.75 Å². The topological polar surface area (TPSA) is 67.8 Å². The van der Waals surface area contributed by atoms with E-state index in [0.29, 0.717) is 25.7 Å². The molecule has 0 bridgehead atoms. The standard InChI is InChI=1S/C21H32N4O2S/c1-5-22-21(23-11-10-18-15-28-20(24-18)16(2)3)25-17-8-6-9-19(14-17)27-13-7-12-26-4/h6,8-9,14-16H,5,7,10-13H2,1-4H3,(H2,22,23,25). The Morgan fingerprint density at radius 3 is 2.86 bits per heavy atom. The molecular formula is C21H32N4O2S. The Hall–Kier alpha value is -2.12. The van der Waals surface area contributed by atoms with E-state index < -0.39 is 0 Å². The summed E-state index contributed by atoms with van der Waals surface area (Å²) in [6, 6.07) is 7.91. The van der Waals surface area contributed by atoms with Crippen molar-refractivity contribution in [3.63, 3.8) is 0 Å². The van der Waals surface area contributed by atoms with Gasteiger partial charge in [-0.15, -0.1) is 11.3 Å². The fourth-order valence-corrected chi connectivity index (χ4v) is 3.36. The van der Waals surface area contributed by atoms with Crippen molar-refractivity contribution in [2.45, 2.75) is 39.5 Å². The highest BCUT2D eigenvalue weighted by Gasteiger charge is 2.06. The molecule has 1 aromatic heterocycles. The molecule has 6 nitrogen and oxygen atoms in total. The maximum Gasteiger partial charge on any atom is 0.195 e. The van der Waals surface area contributed by atoms with Crippen LogP contribution in [-0.4, -0.2) is 44.4 Å². The first-order valence-electron chi connectivity index (χ1n) is 9.83. The summed E-state index contributed by atoms with van der Waals surface area (Å²) in [6.45, 7) is 9.22. The molecule has 0 saturated carbocycles. The van der Waals surface area contributed by atoms with Crippen molar-refractivity contribution < 1.29 is 9.47 Å². The van der Waals surface area contributed by atoms with Crippen LogP contribution >= 0.6 is 11.3 Å². The van der Waals surface area contributed by atoms with Gasteiger partial charge in [-0.05, 0) is 19.1 Å². The highest BCUT2D eigenvalue weighted by atomic mass is 32.1. The number of methoxy groups -OCH3 is 1. The Bertz CT molecular complexity index is 731. The number of nitrogens with one attached hydrogen (secondary N) is 2. The van der Waals surface area contributed by atoms with Crippen LogP contribution in [0.5, 0.6) is 5.75 Å². The number of benzene rings is 1. The van der Waals surface area contributed by atoms with Gasteiger partial charge >= 0.3 is 0 Å². The molecule has 0 amide bonds. The first-order chi connectivity index (χ1) is 13.6. The third-order valence-electron chi connectivity index (χ3n) is 3.90. The van der Waals surface area contributed by atoms with Gasteiger partial charge in [0.25, 0.3) is 0 Å². The summed E-state index contributed by atoms with van der Waals surface area (Å²) < 4.78 is 10.8. The quantitative estimate of drug-likeness (QED) is 0.332. The third-order valence-corrected chi connectivity index (χ3v) is 5.10. The van der Waals surface area contributed by atoms with Gasteiger partial charge in [0.1, 0.15) is 5.75 Å². The summed E-state index contributed by atoms with van der Waals surface area (Å²) >= 11 is 1.73. The van der Waals surface area contributed by atoms with Crippen LogP contribution in [0.25, 0.3) is 0 Å². The van der Waals surface area contributed by atoms with Crippen molar-refractivity contribution in [2.24, 2.45) is 4.99 Å². The maximum atomic E-state index is 5.76. The third kappa shape index (κ3) is 7.86. The summed E-state index contributed by atoms with van der Waals surface area (Å²) in [7, 11) is 1.70. The molecule has 2 N–H and O–H groups in total. The first-order valence-corrected chi connectivity index (χ1v) is 10.7. The molecule has 0 aliphatic rings. The SMILES string of the molecule is CCNC(=NCCc1csc(C(C)C)n1)Nc1cccc(OCCCOC)c1. The summed E-state index contributed by atoms with van der Waals surface area (Å²) in [5, 5.41) is 9.95. The predicted octanol–water partition coefficient (Wildman–Crippen LogP) is 4.30. The number of rotatable bonds is 11. The van der Waals surface area contributed by atoms with E-state index in [0.717, 1.165) is 42.5 Å². The van der Waals surface area contributed by atoms with Crippen LogP contribution in [0, 0.1) is 0 Å². The summed E-state index contributed by atoms with van der Waals surface area (Å²) in [5.41, 5.74) is 2.06. The largest absolute Gasteiger partial charge is 0.493 e. The van der Waals surface area contributed by atoms with Crippen LogP contribution in [0.4, 0.5) is 5.69 Å². The van der Waals surface area contributed by atoms with Gasteiger partial charge in [-0.3, -0.25) is 4.99 Å². The molecule has 1 heterocycles. The van der Waals surface area contributed by atoms with Gasteiger partial charge in [0.05, 0.1) is 17.3 Å². The van der Waals surface area contributed by atoms with E-state index in [9.17, 15) is 0 Å². The molecule has 0 radical (unpaired) electrons. The molecule has 28 heavy (non-hydrogen) atoms. The predicted molar refractivity (Wildman–Crippen MR) is 118 cm³/mol. The van der Waals surface area contributed by atoms with Gasteiger partial charge in [-0.25, -0.2) is 4.98 Å². The first kappa shape index (κ1) is 22.2. The van der Waals surface area contributed by atoms with Gasteiger partial charge in [0, 0.05) is 62.7 Å². The van der Waals surface area contributed by atoms with Crippen LogP contribution in [-0.2, 0) is 11.2 Å². The number of hydrogen-bond acceptors (Lipinski definition) is 5. The summed E-state index contributed by atoms with van der Waals surface area (Å²) in [5.74, 6) is 2.07. The second-order valence-electron chi connectivity index (χ2n) is 6.69.